The Morgan fingerprint density at radius 3 is 3.00 bits per heavy atom. The Hall–Kier alpha value is -1.25. The average Bonchev–Trinajstić information content (AvgIpc) is 2.69. The first-order valence-electron chi connectivity index (χ1n) is 4.39. The zero-order chi connectivity index (χ0) is 10.8. The number of thiol groups is 1. The van der Waals surface area contributed by atoms with Crippen LogP contribution in [-0.4, -0.2) is 10.4 Å². The highest BCUT2D eigenvalue weighted by atomic mass is 32.1. The first-order valence-corrected chi connectivity index (χ1v) is 5.79. The lowest BCUT2D eigenvalue weighted by atomic mass is 10.1. The van der Waals surface area contributed by atoms with Crippen LogP contribution in [0, 0.1) is 11.3 Å². The molecule has 1 aliphatic heterocycles. The number of nitrogens with one attached hydrogen (secondary N) is 1. The molecule has 0 amide bonds. The van der Waals surface area contributed by atoms with Crippen LogP contribution in [0.25, 0.3) is 5.70 Å². The molecule has 0 spiro atoms. The predicted octanol–water partition coefficient (Wildman–Crippen LogP) is 2.18. The van der Waals surface area contributed by atoms with Gasteiger partial charge in [-0.2, -0.15) is 5.26 Å². The monoisotopic (exact) mass is 235 g/mol. The minimum Gasteiger partial charge on any atom is -0.367 e. The molecule has 15 heavy (non-hydrogen) atoms. The molecule has 0 radical (unpaired) electrons. The maximum atomic E-state index is 8.91. The summed E-state index contributed by atoms with van der Waals surface area (Å²) >= 11 is 5.89. The average molecular weight is 235 g/mol. The van der Waals surface area contributed by atoms with Gasteiger partial charge in [-0.05, 0) is 18.6 Å². The number of hydrogen-bond acceptors (Lipinski definition) is 5. The fourth-order valence-corrected chi connectivity index (χ4v) is 2.42. The highest BCUT2D eigenvalue weighted by molar-refractivity contribution is 7.81. The van der Waals surface area contributed by atoms with Crippen LogP contribution in [0.5, 0.6) is 0 Å². The van der Waals surface area contributed by atoms with E-state index in [4.69, 9.17) is 5.26 Å². The van der Waals surface area contributed by atoms with Gasteiger partial charge >= 0.3 is 0 Å². The summed E-state index contributed by atoms with van der Waals surface area (Å²) in [7, 11) is 0. The summed E-state index contributed by atoms with van der Waals surface area (Å²) in [5.41, 5.74) is 2.54. The van der Waals surface area contributed by atoms with Gasteiger partial charge in [-0.25, -0.2) is 4.98 Å². The second kappa shape index (κ2) is 4.09. The van der Waals surface area contributed by atoms with E-state index in [0.29, 0.717) is 5.57 Å². The van der Waals surface area contributed by atoms with E-state index in [1.54, 1.807) is 17.5 Å². The molecule has 1 aromatic heterocycles. The number of allylic oxidation sites excluding steroid dienone is 2. The number of nitrogens with zero attached hydrogens (tertiary/aromatic N) is 2. The van der Waals surface area contributed by atoms with E-state index in [2.05, 4.69) is 29.0 Å². The Kier molecular flexibility index (Phi) is 2.80. The van der Waals surface area contributed by atoms with E-state index < -0.39 is 0 Å². The standard InChI is InChI=1S/C10H9N3S2/c1-6-4-8(10-12-2-3-15-10)13-9(14)7(6)5-11/h2-4,9,13-14H,1H3. The number of thiazole rings is 1. The molecule has 2 rings (SSSR count). The van der Waals surface area contributed by atoms with Crippen molar-refractivity contribution in [3.05, 3.63) is 33.8 Å². The molecule has 1 unspecified atom stereocenters. The Morgan fingerprint density at radius 2 is 2.47 bits per heavy atom. The van der Waals surface area contributed by atoms with Gasteiger partial charge in [0.2, 0.25) is 0 Å². The van der Waals surface area contributed by atoms with Crippen LogP contribution in [0.2, 0.25) is 0 Å². The minimum absolute atomic E-state index is 0.237. The topological polar surface area (TPSA) is 48.7 Å². The molecule has 2 heterocycles. The Bertz CT molecular complexity index is 465. The van der Waals surface area contributed by atoms with Crippen LogP contribution in [0.15, 0.2) is 28.8 Å². The molecule has 0 saturated heterocycles. The fourth-order valence-electron chi connectivity index (χ4n) is 1.40. The van der Waals surface area contributed by atoms with Gasteiger partial charge in [-0.3, -0.25) is 0 Å². The third kappa shape index (κ3) is 1.91. The van der Waals surface area contributed by atoms with E-state index in [0.717, 1.165) is 16.3 Å². The molecule has 0 aliphatic carbocycles. The van der Waals surface area contributed by atoms with Crippen molar-refractivity contribution in [2.24, 2.45) is 0 Å². The number of rotatable bonds is 1. The fraction of sp³-hybridized carbons (Fsp3) is 0.200. The van der Waals surface area contributed by atoms with Gasteiger partial charge in [0.25, 0.3) is 0 Å². The Morgan fingerprint density at radius 1 is 1.67 bits per heavy atom. The molecule has 1 N–H and O–H groups in total. The first kappa shape index (κ1) is 10.3. The third-order valence-electron chi connectivity index (χ3n) is 2.13. The van der Waals surface area contributed by atoms with Gasteiger partial charge in [0.15, 0.2) is 0 Å². The summed E-state index contributed by atoms with van der Waals surface area (Å²) in [5, 5.41) is 14.7. The molecule has 76 valence electrons. The van der Waals surface area contributed by atoms with Crippen molar-refractivity contribution in [2.45, 2.75) is 12.3 Å². The van der Waals surface area contributed by atoms with E-state index in [1.165, 1.54) is 0 Å². The molecule has 0 fully saturated rings. The van der Waals surface area contributed by atoms with Gasteiger partial charge in [-0.1, -0.05) is 0 Å². The minimum atomic E-state index is -0.237. The van der Waals surface area contributed by atoms with Gasteiger partial charge in [0, 0.05) is 11.6 Å². The molecule has 0 aromatic carbocycles. The quantitative estimate of drug-likeness (QED) is 0.734. The molecule has 0 bridgehead atoms. The van der Waals surface area contributed by atoms with Crippen molar-refractivity contribution >= 4 is 29.7 Å². The van der Waals surface area contributed by atoms with Crippen LogP contribution in [0.1, 0.15) is 11.9 Å². The third-order valence-corrected chi connectivity index (χ3v) is 3.33. The van der Waals surface area contributed by atoms with E-state index in [9.17, 15) is 0 Å². The highest BCUT2D eigenvalue weighted by Crippen LogP contribution is 2.25. The Balaban J connectivity index is 2.41. The summed E-state index contributed by atoms with van der Waals surface area (Å²) in [6, 6.07) is 2.15. The summed E-state index contributed by atoms with van der Waals surface area (Å²) < 4.78 is 0. The predicted molar refractivity (Wildman–Crippen MR) is 64.3 cm³/mol. The zero-order valence-corrected chi connectivity index (χ0v) is 9.77. The van der Waals surface area contributed by atoms with Gasteiger partial charge in [-0.15, -0.1) is 24.0 Å². The van der Waals surface area contributed by atoms with Crippen LogP contribution in [-0.2, 0) is 0 Å². The second-order valence-corrected chi connectivity index (χ2v) is 4.56. The molecule has 1 aliphatic rings. The normalized spacial score (nSPS) is 20.6. The van der Waals surface area contributed by atoms with Crippen molar-refractivity contribution < 1.29 is 0 Å². The summed E-state index contributed by atoms with van der Waals surface area (Å²) in [4.78, 5) is 4.21. The second-order valence-electron chi connectivity index (χ2n) is 3.15. The molecule has 1 aromatic rings. The molecule has 3 nitrogen and oxygen atoms in total. The van der Waals surface area contributed by atoms with Crippen molar-refractivity contribution in [2.75, 3.05) is 0 Å². The SMILES string of the molecule is CC1=C(C#N)C(S)NC(c2nccs2)=C1. The lowest BCUT2D eigenvalue weighted by Gasteiger charge is -2.21. The van der Waals surface area contributed by atoms with E-state index in [1.807, 2.05) is 18.4 Å². The first-order chi connectivity index (χ1) is 7.22. The number of aromatic nitrogens is 1. The van der Waals surface area contributed by atoms with Gasteiger partial charge < -0.3 is 5.32 Å². The molecular weight excluding hydrogens is 226 g/mol. The maximum Gasteiger partial charge on any atom is 0.139 e. The smallest absolute Gasteiger partial charge is 0.139 e. The molecule has 1 atom stereocenters. The largest absolute Gasteiger partial charge is 0.367 e. The summed E-state index contributed by atoms with van der Waals surface area (Å²) in [5.74, 6) is 0. The van der Waals surface area contributed by atoms with Crippen molar-refractivity contribution in [3.8, 4) is 6.07 Å². The van der Waals surface area contributed by atoms with Crippen LogP contribution < -0.4 is 5.32 Å². The lowest BCUT2D eigenvalue weighted by Crippen LogP contribution is -2.27. The molecule has 0 saturated carbocycles. The van der Waals surface area contributed by atoms with Crippen LogP contribution in [0.4, 0.5) is 0 Å². The molecule has 5 heteroatoms. The summed E-state index contributed by atoms with van der Waals surface area (Å²) in [6.07, 6.45) is 3.69. The Labute approximate surface area is 97.6 Å². The van der Waals surface area contributed by atoms with Crippen molar-refractivity contribution in [1.82, 2.24) is 10.3 Å². The lowest BCUT2D eigenvalue weighted by molar-refractivity contribution is 0.895. The van der Waals surface area contributed by atoms with Crippen molar-refractivity contribution in [3.63, 3.8) is 0 Å². The highest BCUT2D eigenvalue weighted by Gasteiger charge is 2.19. The maximum absolute atomic E-state index is 8.91. The van der Waals surface area contributed by atoms with Crippen LogP contribution in [0.3, 0.4) is 0 Å². The molecular formula is C10H9N3S2. The van der Waals surface area contributed by atoms with Crippen LogP contribution >= 0.6 is 24.0 Å². The van der Waals surface area contributed by atoms with Gasteiger partial charge in [0.05, 0.1) is 17.3 Å². The number of nitriles is 1. The van der Waals surface area contributed by atoms with E-state index in [-0.39, 0.29) is 5.37 Å². The number of hydrogen-bond donors (Lipinski definition) is 2. The summed E-state index contributed by atoms with van der Waals surface area (Å²) in [6.45, 7) is 1.91. The van der Waals surface area contributed by atoms with Crippen molar-refractivity contribution in [1.29, 1.82) is 5.26 Å². The van der Waals surface area contributed by atoms with E-state index >= 15 is 0 Å². The zero-order valence-electron chi connectivity index (χ0n) is 8.06. The van der Waals surface area contributed by atoms with Gasteiger partial charge in [0.1, 0.15) is 10.4 Å². The number of dihydropyridines is 1.